The molecule has 0 spiro atoms. The molecule has 1 fully saturated rings. The molecule has 1 saturated carbocycles. The van der Waals surface area contributed by atoms with E-state index in [2.05, 4.69) is 17.1 Å². The lowest BCUT2D eigenvalue weighted by atomic mass is 10.1. The molecule has 15 heavy (non-hydrogen) atoms. The van der Waals surface area contributed by atoms with Crippen LogP contribution in [0.25, 0.3) is 0 Å². The quantitative estimate of drug-likeness (QED) is 0.811. The van der Waals surface area contributed by atoms with E-state index < -0.39 is 0 Å². The van der Waals surface area contributed by atoms with Gasteiger partial charge in [0.15, 0.2) is 0 Å². The monoisotopic (exact) mass is 205 g/mol. The number of nitrogens with zero attached hydrogens (tertiary/aromatic N) is 2. The Kier molecular flexibility index (Phi) is 2.65. The molecule has 82 valence electrons. The van der Waals surface area contributed by atoms with Crippen molar-refractivity contribution in [1.29, 1.82) is 0 Å². The van der Waals surface area contributed by atoms with Crippen molar-refractivity contribution in [3.63, 3.8) is 0 Å². The van der Waals surface area contributed by atoms with Crippen molar-refractivity contribution in [2.45, 2.75) is 31.2 Å². The highest BCUT2D eigenvalue weighted by Gasteiger charge is 2.37. The Morgan fingerprint density at radius 2 is 2.13 bits per heavy atom. The van der Waals surface area contributed by atoms with Crippen LogP contribution in [0.15, 0.2) is 18.2 Å². The first-order chi connectivity index (χ1) is 7.09. The molecule has 0 saturated heterocycles. The molecule has 0 aromatic carbocycles. The molecule has 0 unspecified atom stereocenters. The maximum absolute atomic E-state index is 6.05. The molecule has 0 amide bonds. The van der Waals surface area contributed by atoms with Crippen molar-refractivity contribution >= 4 is 5.82 Å². The molecule has 1 heterocycles. The molecule has 0 radical (unpaired) electrons. The van der Waals surface area contributed by atoms with Gasteiger partial charge in [-0.25, -0.2) is 4.98 Å². The minimum absolute atomic E-state index is 0.135. The maximum atomic E-state index is 6.05. The molecule has 0 atom stereocenters. The predicted octanol–water partition coefficient (Wildman–Crippen LogP) is 1.57. The van der Waals surface area contributed by atoms with Gasteiger partial charge in [0.25, 0.3) is 0 Å². The summed E-state index contributed by atoms with van der Waals surface area (Å²) in [6, 6.07) is 6.17. The Labute approximate surface area is 91.3 Å². The first-order valence-electron chi connectivity index (χ1n) is 5.51. The van der Waals surface area contributed by atoms with E-state index in [0.717, 1.165) is 24.4 Å². The third-order valence-corrected chi connectivity index (χ3v) is 3.02. The van der Waals surface area contributed by atoms with E-state index >= 15 is 0 Å². The van der Waals surface area contributed by atoms with Crippen molar-refractivity contribution < 1.29 is 0 Å². The summed E-state index contributed by atoms with van der Waals surface area (Å²) in [6.07, 6.45) is 4.43. The highest BCUT2D eigenvalue weighted by Crippen LogP contribution is 2.36. The van der Waals surface area contributed by atoms with Crippen LogP contribution in [0.4, 0.5) is 5.82 Å². The summed E-state index contributed by atoms with van der Waals surface area (Å²) in [5, 5.41) is 0. The number of anilines is 1. The van der Waals surface area contributed by atoms with Crippen molar-refractivity contribution in [3.8, 4) is 0 Å². The van der Waals surface area contributed by atoms with Crippen LogP contribution in [-0.4, -0.2) is 24.6 Å². The minimum Gasteiger partial charge on any atom is -0.363 e. The summed E-state index contributed by atoms with van der Waals surface area (Å²) in [6.45, 7) is 0. The summed E-state index contributed by atoms with van der Waals surface area (Å²) in [4.78, 5) is 6.60. The molecule has 1 aromatic rings. The van der Waals surface area contributed by atoms with Gasteiger partial charge in [0.05, 0.1) is 0 Å². The first-order valence-corrected chi connectivity index (χ1v) is 5.51. The SMILES string of the molecule is CN(C)c1cccc(CCC2(N)CC2)n1. The fourth-order valence-corrected chi connectivity index (χ4v) is 1.64. The molecule has 1 aliphatic carbocycles. The van der Waals surface area contributed by atoms with Gasteiger partial charge < -0.3 is 10.6 Å². The summed E-state index contributed by atoms with van der Waals surface area (Å²) < 4.78 is 0. The van der Waals surface area contributed by atoms with Gasteiger partial charge in [-0.15, -0.1) is 0 Å². The second-order valence-corrected chi connectivity index (χ2v) is 4.74. The highest BCUT2D eigenvalue weighted by atomic mass is 15.1. The number of pyridine rings is 1. The lowest BCUT2D eigenvalue weighted by Gasteiger charge is -2.13. The maximum Gasteiger partial charge on any atom is 0.128 e. The zero-order valence-corrected chi connectivity index (χ0v) is 9.53. The Balaban J connectivity index is 1.98. The van der Waals surface area contributed by atoms with E-state index in [1.807, 2.05) is 25.1 Å². The van der Waals surface area contributed by atoms with Crippen LogP contribution in [0, 0.1) is 0 Å². The number of hydrogen-bond donors (Lipinski definition) is 1. The Hall–Kier alpha value is -1.09. The molecule has 1 aromatic heterocycles. The molecule has 3 heteroatoms. The van der Waals surface area contributed by atoms with E-state index in [-0.39, 0.29) is 5.54 Å². The van der Waals surface area contributed by atoms with E-state index in [0.29, 0.717) is 0 Å². The molecular weight excluding hydrogens is 186 g/mol. The van der Waals surface area contributed by atoms with E-state index in [1.165, 1.54) is 12.8 Å². The number of aromatic nitrogens is 1. The third kappa shape index (κ3) is 2.69. The minimum atomic E-state index is 0.135. The molecule has 2 N–H and O–H groups in total. The number of hydrogen-bond acceptors (Lipinski definition) is 3. The van der Waals surface area contributed by atoms with E-state index in [9.17, 15) is 0 Å². The van der Waals surface area contributed by atoms with Gasteiger partial charge in [-0.2, -0.15) is 0 Å². The Morgan fingerprint density at radius 1 is 1.40 bits per heavy atom. The average Bonchev–Trinajstić information content (AvgIpc) is 2.95. The molecule has 2 rings (SSSR count). The summed E-state index contributed by atoms with van der Waals surface area (Å²) in [7, 11) is 4.02. The van der Waals surface area contributed by atoms with Gasteiger partial charge in [-0.1, -0.05) is 6.07 Å². The standard InChI is InChI=1S/C12H19N3/c1-15(2)11-5-3-4-10(14-11)6-7-12(13)8-9-12/h3-5H,6-9,13H2,1-2H3. The Bertz CT molecular complexity index is 342. The van der Waals surface area contributed by atoms with E-state index in [4.69, 9.17) is 5.73 Å². The number of aryl methyl sites for hydroxylation is 1. The summed E-state index contributed by atoms with van der Waals surface area (Å²) >= 11 is 0. The van der Waals surface area contributed by atoms with Crippen LogP contribution in [0.2, 0.25) is 0 Å². The molecule has 3 nitrogen and oxygen atoms in total. The van der Waals surface area contributed by atoms with Gasteiger partial charge in [-0.05, 0) is 37.8 Å². The zero-order valence-electron chi connectivity index (χ0n) is 9.53. The number of nitrogens with two attached hydrogens (primary N) is 1. The molecule has 0 aliphatic heterocycles. The fraction of sp³-hybridized carbons (Fsp3) is 0.583. The lowest BCUT2D eigenvalue weighted by Crippen LogP contribution is -2.22. The van der Waals surface area contributed by atoms with Crippen molar-refractivity contribution in [2.24, 2.45) is 5.73 Å². The van der Waals surface area contributed by atoms with Crippen LogP contribution in [0.1, 0.15) is 25.0 Å². The topological polar surface area (TPSA) is 42.1 Å². The second-order valence-electron chi connectivity index (χ2n) is 4.74. The van der Waals surface area contributed by atoms with Crippen LogP contribution >= 0.6 is 0 Å². The van der Waals surface area contributed by atoms with Crippen LogP contribution in [0.3, 0.4) is 0 Å². The van der Waals surface area contributed by atoms with Gasteiger partial charge in [0.2, 0.25) is 0 Å². The van der Waals surface area contributed by atoms with Crippen LogP contribution < -0.4 is 10.6 Å². The molecular formula is C12H19N3. The lowest BCUT2D eigenvalue weighted by molar-refractivity contribution is 0.603. The summed E-state index contributed by atoms with van der Waals surface area (Å²) in [5.41, 5.74) is 7.34. The third-order valence-electron chi connectivity index (χ3n) is 3.02. The van der Waals surface area contributed by atoms with Crippen molar-refractivity contribution in [2.75, 3.05) is 19.0 Å². The van der Waals surface area contributed by atoms with Gasteiger partial charge >= 0.3 is 0 Å². The average molecular weight is 205 g/mol. The zero-order chi connectivity index (χ0) is 10.9. The normalized spacial score (nSPS) is 17.5. The van der Waals surface area contributed by atoms with Crippen molar-refractivity contribution in [1.82, 2.24) is 4.98 Å². The second kappa shape index (κ2) is 3.81. The predicted molar refractivity (Wildman–Crippen MR) is 63.0 cm³/mol. The fourth-order valence-electron chi connectivity index (χ4n) is 1.64. The first kappa shape index (κ1) is 10.4. The molecule has 1 aliphatic rings. The Morgan fingerprint density at radius 3 is 2.73 bits per heavy atom. The largest absolute Gasteiger partial charge is 0.363 e. The smallest absolute Gasteiger partial charge is 0.128 e. The molecule has 0 bridgehead atoms. The van der Waals surface area contributed by atoms with Gasteiger partial charge in [0.1, 0.15) is 5.82 Å². The van der Waals surface area contributed by atoms with E-state index in [1.54, 1.807) is 0 Å². The summed E-state index contributed by atoms with van der Waals surface area (Å²) in [5.74, 6) is 1.02. The van der Waals surface area contributed by atoms with Crippen molar-refractivity contribution in [3.05, 3.63) is 23.9 Å². The van der Waals surface area contributed by atoms with Crippen LogP contribution in [0.5, 0.6) is 0 Å². The van der Waals surface area contributed by atoms with Crippen LogP contribution in [-0.2, 0) is 6.42 Å². The highest BCUT2D eigenvalue weighted by molar-refractivity contribution is 5.37. The van der Waals surface area contributed by atoms with Gasteiger partial charge in [-0.3, -0.25) is 0 Å². The van der Waals surface area contributed by atoms with Gasteiger partial charge in [0, 0.05) is 25.3 Å². The number of rotatable bonds is 4.